The van der Waals surface area contributed by atoms with E-state index in [-0.39, 0.29) is 6.10 Å². The summed E-state index contributed by atoms with van der Waals surface area (Å²) >= 11 is 1.89. The van der Waals surface area contributed by atoms with E-state index in [0.717, 1.165) is 5.75 Å². The summed E-state index contributed by atoms with van der Waals surface area (Å²) in [4.78, 5) is 1.38. The quantitative estimate of drug-likeness (QED) is 0.560. The number of hydrogen-bond donors (Lipinski definition) is 0. The van der Waals surface area contributed by atoms with E-state index in [1.54, 1.807) is 6.26 Å². The summed E-state index contributed by atoms with van der Waals surface area (Å²) in [6.45, 7) is 0. The Balaban J connectivity index is 2.09. The standard InChI is InChI=1S/C10H8OS/c1-3-11-9-6-10-8(2-4-12-10)5-7(1)9/h1-3,5-6,9H,4H2. The van der Waals surface area contributed by atoms with Gasteiger partial charge in [0.05, 0.1) is 6.26 Å². The lowest BCUT2D eigenvalue weighted by Gasteiger charge is -2.14. The lowest BCUT2D eigenvalue weighted by molar-refractivity contribution is 0.238. The van der Waals surface area contributed by atoms with Crippen molar-refractivity contribution < 1.29 is 4.74 Å². The van der Waals surface area contributed by atoms with Crippen LogP contribution in [-0.2, 0) is 4.74 Å². The minimum absolute atomic E-state index is 0.197. The average Bonchev–Trinajstić information content (AvgIpc) is 2.64. The van der Waals surface area contributed by atoms with Gasteiger partial charge in [-0.15, -0.1) is 11.8 Å². The van der Waals surface area contributed by atoms with Crippen LogP contribution >= 0.6 is 11.8 Å². The highest BCUT2D eigenvalue weighted by Crippen LogP contribution is 2.38. The summed E-state index contributed by atoms with van der Waals surface area (Å²) in [6.07, 6.45) is 10.7. The van der Waals surface area contributed by atoms with Crippen molar-refractivity contribution >= 4 is 11.8 Å². The zero-order valence-corrected chi connectivity index (χ0v) is 7.30. The van der Waals surface area contributed by atoms with Crippen LogP contribution in [0.1, 0.15) is 0 Å². The second-order valence-electron chi connectivity index (χ2n) is 3.01. The van der Waals surface area contributed by atoms with Crippen molar-refractivity contribution in [2.24, 2.45) is 0 Å². The fourth-order valence-electron chi connectivity index (χ4n) is 1.64. The fourth-order valence-corrected chi connectivity index (χ4v) is 2.61. The van der Waals surface area contributed by atoms with Crippen LogP contribution in [-0.4, -0.2) is 11.9 Å². The third-order valence-electron chi connectivity index (χ3n) is 2.27. The van der Waals surface area contributed by atoms with Crippen LogP contribution in [0.4, 0.5) is 0 Å². The molecule has 1 unspecified atom stereocenters. The molecule has 2 heterocycles. The Labute approximate surface area is 75.5 Å². The van der Waals surface area contributed by atoms with Gasteiger partial charge in [0.15, 0.2) is 0 Å². The van der Waals surface area contributed by atoms with Gasteiger partial charge in [0, 0.05) is 10.7 Å². The third-order valence-corrected chi connectivity index (χ3v) is 3.28. The number of rotatable bonds is 0. The van der Waals surface area contributed by atoms with Gasteiger partial charge < -0.3 is 4.74 Å². The maximum atomic E-state index is 5.40. The Bertz CT molecular complexity index is 347. The Morgan fingerprint density at radius 2 is 2.50 bits per heavy atom. The highest BCUT2D eigenvalue weighted by atomic mass is 32.2. The first-order valence-electron chi connectivity index (χ1n) is 4.02. The van der Waals surface area contributed by atoms with Gasteiger partial charge >= 0.3 is 0 Å². The van der Waals surface area contributed by atoms with E-state index in [4.69, 9.17) is 4.74 Å². The molecule has 0 aromatic heterocycles. The second-order valence-corrected chi connectivity index (χ2v) is 4.07. The zero-order valence-electron chi connectivity index (χ0n) is 6.49. The van der Waals surface area contributed by atoms with Gasteiger partial charge in [0.1, 0.15) is 6.10 Å². The molecular formula is C10H8OS. The molecule has 0 bridgehead atoms. The van der Waals surface area contributed by atoms with E-state index in [1.165, 1.54) is 16.1 Å². The van der Waals surface area contributed by atoms with E-state index >= 15 is 0 Å². The molecule has 0 fully saturated rings. The van der Waals surface area contributed by atoms with Crippen LogP contribution in [0.15, 0.2) is 46.6 Å². The van der Waals surface area contributed by atoms with Crippen LogP contribution in [0.2, 0.25) is 0 Å². The molecule has 0 saturated heterocycles. The van der Waals surface area contributed by atoms with Gasteiger partial charge in [-0.05, 0) is 29.4 Å². The molecule has 0 N–H and O–H groups in total. The van der Waals surface area contributed by atoms with Gasteiger partial charge in [-0.3, -0.25) is 0 Å². The SMILES string of the molecule is C1=CC2=CC3=CCSC3=CC2O1. The molecule has 0 aromatic carbocycles. The first kappa shape index (κ1) is 6.61. The van der Waals surface area contributed by atoms with Gasteiger partial charge in [-0.25, -0.2) is 0 Å². The van der Waals surface area contributed by atoms with Gasteiger partial charge in [-0.2, -0.15) is 0 Å². The van der Waals surface area contributed by atoms with Crippen molar-refractivity contribution in [1.82, 2.24) is 0 Å². The Kier molecular flexibility index (Phi) is 1.27. The number of allylic oxidation sites excluding steroid dienone is 2. The van der Waals surface area contributed by atoms with Crippen LogP contribution in [0, 0.1) is 0 Å². The van der Waals surface area contributed by atoms with Crippen molar-refractivity contribution in [3.05, 3.63) is 46.6 Å². The molecule has 0 spiro atoms. The van der Waals surface area contributed by atoms with E-state index in [2.05, 4.69) is 18.2 Å². The molecule has 0 amide bonds. The van der Waals surface area contributed by atoms with E-state index < -0.39 is 0 Å². The monoisotopic (exact) mass is 176 g/mol. The van der Waals surface area contributed by atoms with Crippen molar-refractivity contribution in [3.63, 3.8) is 0 Å². The highest BCUT2D eigenvalue weighted by molar-refractivity contribution is 8.03. The molecule has 1 atom stereocenters. The second kappa shape index (κ2) is 2.30. The summed E-state index contributed by atoms with van der Waals surface area (Å²) < 4.78 is 5.40. The zero-order chi connectivity index (χ0) is 7.97. The van der Waals surface area contributed by atoms with Crippen molar-refractivity contribution in [2.75, 3.05) is 5.75 Å². The largest absolute Gasteiger partial charge is 0.489 e. The van der Waals surface area contributed by atoms with E-state index in [1.807, 2.05) is 17.8 Å². The number of hydrogen-bond acceptors (Lipinski definition) is 2. The van der Waals surface area contributed by atoms with Gasteiger partial charge in [0.2, 0.25) is 0 Å². The lowest BCUT2D eigenvalue weighted by Crippen LogP contribution is -2.08. The van der Waals surface area contributed by atoms with Crippen molar-refractivity contribution in [2.45, 2.75) is 6.10 Å². The van der Waals surface area contributed by atoms with Crippen LogP contribution in [0.5, 0.6) is 0 Å². The molecule has 60 valence electrons. The molecule has 0 saturated carbocycles. The number of thioether (sulfide) groups is 1. The Morgan fingerprint density at radius 1 is 1.50 bits per heavy atom. The van der Waals surface area contributed by atoms with E-state index in [9.17, 15) is 0 Å². The molecule has 3 aliphatic rings. The molecular weight excluding hydrogens is 168 g/mol. The molecule has 1 aliphatic carbocycles. The van der Waals surface area contributed by atoms with Crippen LogP contribution in [0.3, 0.4) is 0 Å². The first-order valence-corrected chi connectivity index (χ1v) is 5.01. The molecule has 3 rings (SSSR count). The van der Waals surface area contributed by atoms with Gasteiger partial charge in [-0.1, -0.05) is 6.08 Å². The molecule has 2 aliphatic heterocycles. The molecule has 0 aromatic rings. The summed E-state index contributed by atoms with van der Waals surface area (Å²) in [5.74, 6) is 1.11. The Morgan fingerprint density at radius 3 is 3.50 bits per heavy atom. The average molecular weight is 176 g/mol. The maximum Gasteiger partial charge on any atom is 0.143 e. The first-order chi connectivity index (χ1) is 5.93. The normalized spacial score (nSPS) is 30.0. The molecule has 1 nitrogen and oxygen atoms in total. The third kappa shape index (κ3) is 0.815. The number of ether oxygens (including phenoxy) is 1. The predicted molar refractivity (Wildman–Crippen MR) is 50.7 cm³/mol. The van der Waals surface area contributed by atoms with Crippen LogP contribution in [0.25, 0.3) is 0 Å². The topological polar surface area (TPSA) is 9.23 Å². The summed E-state index contributed by atoms with van der Waals surface area (Å²) in [5.41, 5.74) is 2.66. The number of fused-ring (bicyclic) bond motifs is 2. The van der Waals surface area contributed by atoms with E-state index in [0.29, 0.717) is 0 Å². The minimum Gasteiger partial charge on any atom is -0.489 e. The minimum atomic E-state index is 0.197. The van der Waals surface area contributed by atoms with Gasteiger partial charge in [0.25, 0.3) is 0 Å². The highest BCUT2D eigenvalue weighted by Gasteiger charge is 2.24. The summed E-state index contributed by atoms with van der Waals surface area (Å²) in [6, 6.07) is 0. The van der Waals surface area contributed by atoms with Crippen molar-refractivity contribution in [1.29, 1.82) is 0 Å². The smallest absolute Gasteiger partial charge is 0.143 e. The summed E-state index contributed by atoms with van der Waals surface area (Å²) in [7, 11) is 0. The lowest BCUT2D eigenvalue weighted by atomic mass is 10.0. The van der Waals surface area contributed by atoms with Crippen molar-refractivity contribution in [3.8, 4) is 0 Å². The predicted octanol–water partition coefficient (Wildman–Crippen LogP) is 2.40. The molecule has 0 radical (unpaired) electrons. The van der Waals surface area contributed by atoms with Crippen LogP contribution < -0.4 is 0 Å². The maximum absolute atomic E-state index is 5.40. The summed E-state index contributed by atoms with van der Waals surface area (Å²) in [5, 5.41) is 0. The molecule has 12 heavy (non-hydrogen) atoms. The fraction of sp³-hybridized carbons (Fsp3) is 0.200. The molecule has 2 heteroatoms. The Hall–Kier alpha value is -0.890.